The Kier molecular flexibility index (Phi) is 6.13. The van der Waals surface area contributed by atoms with E-state index in [4.69, 9.17) is 0 Å². The third kappa shape index (κ3) is 5.35. The molecule has 6 heteroatoms. The van der Waals surface area contributed by atoms with Gasteiger partial charge < -0.3 is 0 Å². The monoisotopic (exact) mass is 409 g/mol. The van der Waals surface area contributed by atoms with Crippen LogP contribution in [0.15, 0.2) is 72.8 Å². The number of anilines is 1. The van der Waals surface area contributed by atoms with Crippen molar-refractivity contribution in [2.45, 2.75) is 6.54 Å². The van der Waals surface area contributed by atoms with Crippen molar-refractivity contribution in [1.82, 2.24) is 9.80 Å². The summed E-state index contributed by atoms with van der Waals surface area (Å²) in [5, 5.41) is 1.95. The number of benzene rings is 3. The van der Waals surface area contributed by atoms with Crippen LogP contribution in [0.3, 0.4) is 0 Å². The van der Waals surface area contributed by atoms with E-state index in [-0.39, 0.29) is 5.75 Å². The highest BCUT2D eigenvalue weighted by atomic mass is 32.2. The lowest BCUT2D eigenvalue weighted by Crippen LogP contribution is -2.47. The van der Waals surface area contributed by atoms with Crippen LogP contribution in [0, 0.1) is 0 Å². The molecule has 29 heavy (non-hydrogen) atoms. The molecule has 1 aliphatic heterocycles. The molecule has 1 aliphatic rings. The zero-order chi connectivity index (χ0) is 20.1. The zero-order valence-electron chi connectivity index (χ0n) is 16.5. The third-order valence-electron chi connectivity index (χ3n) is 5.45. The highest BCUT2D eigenvalue weighted by Crippen LogP contribution is 2.24. The van der Waals surface area contributed by atoms with Gasteiger partial charge in [0.25, 0.3) is 0 Å². The SMILES string of the molecule is O=S(=O)(CCN1CCN(Cc2ccccc2)CC1)Nc1cccc2ccccc12. The molecule has 0 atom stereocenters. The molecule has 3 aromatic carbocycles. The Bertz CT molecular complexity index is 1040. The second-order valence-corrected chi connectivity index (χ2v) is 9.39. The maximum Gasteiger partial charge on any atom is 0.234 e. The topological polar surface area (TPSA) is 52.7 Å². The zero-order valence-corrected chi connectivity index (χ0v) is 17.3. The first-order valence-electron chi connectivity index (χ1n) is 10.1. The van der Waals surface area contributed by atoms with E-state index in [1.807, 2.05) is 48.5 Å². The van der Waals surface area contributed by atoms with Crippen molar-refractivity contribution in [2.24, 2.45) is 0 Å². The summed E-state index contributed by atoms with van der Waals surface area (Å²) in [6.45, 7) is 5.24. The molecule has 1 heterocycles. The van der Waals surface area contributed by atoms with Crippen molar-refractivity contribution in [1.29, 1.82) is 0 Å². The van der Waals surface area contributed by atoms with Crippen molar-refractivity contribution >= 4 is 26.5 Å². The minimum Gasteiger partial charge on any atom is -0.300 e. The van der Waals surface area contributed by atoms with Crippen LogP contribution in [0.2, 0.25) is 0 Å². The van der Waals surface area contributed by atoms with Gasteiger partial charge in [-0.2, -0.15) is 0 Å². The molecule has 0 saturated carbocycles. The summed E-state index contributed by atoms with van der Waals surface area (Å²) in [7, 11) is -3.39. The largest absolute Gasteiger partial charge is 0.300 e. The first-order valence-corrected chi connectivity index (χ1v) is 11.7. The Labute approximate surface area is 173 Å². The summed E-state index contributed by atoms with van der Waals surface area (Å²) in [4.78, 5) is 4.67. The fourth-order valence-corrected chi connectivity index (χ4v) is 4.91. The molecule has 0 amide bonds. The summed E-state index contributed by atoms with van der Waals surface area (Å²) >= 11 is 0. The van der Waals surface area contributed by atoms with E-state index in [0.29, 0.717) is 12.2 Å². The van der Waals surface area contributed by atoms with E-state index in [0.717, 1.165) is 43.5 Å². The number of fused-ring (bicyclic) bond motifs is 1. The molecular weight excluding hydrogens is 382 g/mol. The van der Waals surface area contributed by atoms with E-state index in [9.17, 15) is 8.42 Å². The predicted octanol–water partition coefficient (Wildman–Crippen LogP) is 3.40. The number of nitrogens with one attached hydrogen (secondary N) is 1. The van der Waals surface area contributed by atoms with E-state index in [1.165, 1.54) is 5.56 Å². The Balaban J connectivity index is 1.29. The number of nitrogens with zero attached hydrogens (tertiary/aromatic N) is 2. The maximum absolute atomic E-state index is 12.6. The van der Waals surface area contributed by atoms with Crippen LogP contribution in [0.25, 0.3) is 10.8 Å². The van der Waals surface area contributed by atoms with E-state index >= 15 is 0 Å². The number of sulfonamides is 1. The molecule has 1 fully saturated rings. The van der Waals surface area contributed by atoms with Gasteiger partial charge in [0.2, 0.25) is 10.0 Å². The number of hydrogen-bond donors (Lipinski definition) is 1. The van der Waals surface area contributed by atoms with Crippen LogP contribution in [0.4, 0.5) is 5.69 Å². The average Bonchev–Trinajstić information content (AvgIpc) is 2.74. The van der Waals surface area contributed by atoms with Gasteiger partial charge in [0.1, 0.15) is 0 Å². The molecule has 4 rings (SSSR count). The number of piperazine rings is 1. The molecule has 1 N–H and O–H groups in total. The minimum absolute atomic E-state index is 0.106. The second-order valence-electron chi connectivity index (χ2n) is 7.55. The first kappa shape index (κ1) is 19.9. The molecule has 0 spiro atoms. The molecule has 0 unspecified atom stereocenters. The maximum atomic E-state index is 12.6. The fourth-order valence-electron chi connectivity index (χ4n) is 3.79. The molecule has 0 aliphatic carbocycles. The van der Waals surface area contributed by atoms with E-state index in [1.54, 1.807) is 0 Å². The first-order chi connectivity index (χ1) is 14.1. The highest BCUT2D eigenvalue weighted by Gasteiger charge is 2.20. The van der Waals surface area contributed by atoms with Gasteiger partial charge in [0.05, 0.1) is 11.4 Å². The molecule has 3 aromatic rings. The molecule has 0 aromatic heterocycles. The van der Waals surface area contributed by atoms with Gasteiger partial charge in [0.15, 0.2) is 0 Å². The normalized spacial score (nSPS) is 16.1. The van der Waals surface area contributed by atoms with Gasteiger partial charge in [0, 0.05) is 44.7 Å². The van der Waals surface area contributed by atoms with Gasteiger partial charge in [-0.1, -0.05) is 66.7 Å². The van der Waals surface area contributed by atoms with Crippen molar-refractivity contribution in [3.05, 3.63) is 78.4 Å². The molecule has 5 nitrogen and oxygen atoms in total. The lowest BCUT2D eigenvalue weighted by Gasteiger charge is -2.34. The fraction of sp³-hybridized carbons (Fsp3) is 0.304. The van der Waals surface area contributed by atoms with Crippen LogP contribution in [0.1, 0.15) is 5.56 Å². The summed E-state index contributed by atoms with van der Waals surface area (Å²) in [6, 6.07) is 24.0. The highest BCUT2D eigenvalue weighted by molar-refractivity contribution is 7.92. The quantitative estimate of drug-likeness (QED) is 0.650. The third-order valence-corrected chi connectivity index (χ3v) is 6.70. The second kappa shape index (κ2) is 8.95. The minimum atomic E-state index is -3.39. The summed E-state index contributed by atoms with van der Waals surface area (Å²) in [5.74, 6) is 0.106. The van der Waals surface area contributed by atoms with Gasteiger partial charge in [-0.25, -0.2) is 8.42 Å². The molecule has 0 radical (unpaired) electrons. The lowest BCUT2D eigenvalue weighted by molar-refractivity contribution is 0.132. The number of hydrogen-bond acceptors (Lipinski definition) is 4. The van der Waals surface area contributed by atoms with Crippen LogP contribution in [-0.4, -0.2) is 56.7 Å². The average molecular weight is 410 g/mol. The Morgan fingerprint density at radius 2 is 1.41 bits per heavy atom. The Morgan fingerprint density at radius 3 is 2.21 bits per heavy atom. The van der Waals surface area contributed by atoms with Gasteiger partial charge in [-0.3, -0.25) is 14.5 Å². The molecule has 152 valence electrons. The van der Waals surface area contributed by atoms with Gasteiger partial charge >= 0.3 is 0 Å². The molecule has 0 bridgehead atoms. The summed E-state index contributed by atoms with van der Waals surface area (Å²) in [5.41, 5.74) is 1.97. The Morgan fingerprint density at radius 1 is 0.759 bits per heavy atom. The van der Waals surface area contributed by atoms with E-state index < -0.39 is 10.0 Å². The van der Waals surface area contributed by atoms with Gasteiger partial charge in [-0.15, -0.1) is 0 Å². The molecule has 1 saturated heterocycles. The van der Waals surface area contributed by atoms with Crippen molar-refractivity contribution in [3.8, 4) is 0 Å². The standard InChI is InChI=1S/C23H27N3O2S/c27-29(28,24-23-12-6-10-21-9-4-5-11-22(21)23)18-17-25-13-15-26(16-14-25)19-20-7-2-1-3-8-20/h1-12,24H,13-19H2. The van der Waals surface area contributed by atoms with Crippen LogP contribution in [-0.2, 0) is 16.6 Å². The smallest absolute Gasteiger partial charge is 0.234 e. The van der Waals surface area contributed by atoms with Gasteiger partial charge in [-0.05, 0) is 17.0 Å². The summed E-state index contributed by atoms with van der Waals surface area (Å²) in [6.07, 6.45) is 0. The lowest BCUT2D eigenvalue weighted by atomic mass is 10.1. The summed E-state index contributed by atoms with van der Waals surface area (Å²) < 4.78 is 28.1. The van der Waals surface area contributed by atoms with Crippen LogP contribution in [0.5, 0.6) is 0 Å². The van der Waals surface area contributed by atoms with Crippen molar-refractivity contribution in [2.75, 3.05) is 43.2 Å². The van der Waals surface area contributed by atoms with E-state index in [2.05, 4.69) is 38.8 Å². The van der Waals surface area contributed by atoms with Crippen molar-refractivity contribution in [3.63, 3.8) is 0 Å². The van der Waals surface area contributed by atoms with Crippen LogP contribution >= 0.6 is 0 Å². The van der Waals surface area contributed by atoms with Crippen molar-refractivity contribution < 1.29 is 8.42 Å². The predicted molar refractivity (Wildman–Crippen MR) is 120 cm³/mol. The Hall–Kier alpha value is -2.41. The van der Waals surface area contributed by atoms with Crippen LogP contribution < -0.4 is 4.72 Å². The molecular formula is C23H27N3O2S. The number of rotatable bonds is 7.